The van der Waals surface area contributed by atoms with Crippen molar-refractivity contribution in [3.05, 3.63) is 53.8 Å². The van der Waals surface area contributed by atoms with E-state index < -0.39 is 6.10 Å². The molecule has 6 nitrogen and oxygen atoms in total. The van der Waals surface area contributed by atoms with Gasteiger partial charge in [-0.2, -0.15) is 0 Å². The van der Waals surface area contributed by atoms with E-state index in [0.29, 0.717) is 36.9 Å². The Kier molecular flexibility index (Phi) is 4.73. The molecule has 0 bridgehead atoms. The van der Waals surface area contributed by atoms with Crippen molar-refractivity contribution in [2.45, 2.75) is 12.6 Å². The number of nitrogens with one attached hydrogen (secondary N) is 1. The van der Waals surface area contributed by atoms with Gasteiger partial charge in [0.15, 0.2) is 11.5 Å². The number of amides is 1. The number of anilines is 1. The van der Waals surface area contributed by atoms with Gasteiger partial charge in [0.25, 0.3) is 5.91 Å². The highest BCUT2D eigenvalue weighted by atomic mass is 19.1. The van der Waals surface area contributed by atoms with Gasteiger partial charge >= 0.3 is 0 Å². The van der Waals surface area contributed by atoms with Crippen molar-refractivity contribution in [3.63, 3.8) is 0 Å². The number of halogens is 1. The third-order valence-electron chi connectivity index (χ3n) is 4.39. The Morgan fingerprint density at radius 3 is 2.73 bits per heavy atom. The number of morpholine rings is 1. The molecule has 1 atom stereocenters. The molecule has 4 rings (SSSR count). The van der Waals surface area contributed by atoms with Crippen LogP contribution in [0.5, 0.6) is 11.5 Å². The van der Waals surface area contributed by atoms with E-state index in [2.05, 4.69) is 5.32 Å². The second-order valence-corrected chi connectivity index (χ2v) is 6.15. The first-order chi connectivity index (χ1) is 12.7. The van der Waals surface area contributed by atoms with Gasteiger partial charge in [0.05, 0.1) is 13.2 Å². The molecule has 1 amide bonds. The maximum Gasteiger partial charge on any atom is 0.257 e. The first kappa shape index (κ1) is 16.8. The predicted octanol–water partition coefficient (Wildman–Crippen LogP) is 2.08. The summed E-state index contributed by atoms with van der Waals surface area (Å²) >= 11 is 0. The van der Waals surface area contributed by atoms with Gasteiger partial charge in [0.2, 0.25) is 6.79 Å². The first-order valence-electron chi connectivity index (χ1n) is 8.48. The third-order valence-corrected chi connectivity index (χ3v) is 4.39. The molecule has 0 aromatic heterocycles. The quantitative estimate of drug-likeness (QED) is 0.907. The Morgan fingerprint density at radius 2 is 1.96 bits per heavy atom. The normalized spacial score (nSPS) is 18.6. The highest BCUT2D eigenvalue weighted by Crippen LogP contribution is 2.33. The van der Waals surface area contributed by atoms with Crippen molar-refractivity contribution in [2.24, 2.45) is 0 Å². The zero-order valence-corrected chi connectivity index (χ0v) is 14.1. The average Bonchev–Trinajstić information content (AvgIpc) is 3.15. The third kappa shape index (κ3) is 3.49. The minimum Gasteiger partial charge on any atom is -0.454 e. The summed E-state index contributed by atoms with van der Waals surface area (Å²) in [5.74, 6) is 0.832. The molecule has 2 heterocycles. The summed E-state index contributed by atoms with van der Waals surface area (Å²) in [7, 11) is 0. The fraction of sp³-hybridized carbons (Fsp3) is 0.316. The number of hydrogen-bond acceptors (Lipinski definition) is 5. The number of carbonyl (C=O) groups excluding carboxylic acids is 1. The van der Waals surface area contributed by atoms with Crippen LogP contribution in [0.2, 0.25) is 0 Å². The number of rotatable bonds is 4. The molecule has 0 radical (unpaired) electrons. The van der Waals surface area contributed by atoms with Crippen LogP contribution in [-0.4, -0.2) is 38.5 Å². The monoisotopic (exact) mass is 358 g/mol. The molecule has 7 heteroatoms. The van der Waals surface area contributed by atoms with Crippen LogP contribution >= 0.6 is 0 Å². The van der Waals surface area contributed by atoms with E-state index in [1.807, 2.05) is 18.2 Å². The Labute approximate surface area is 150 Å². The summed E-state index contributed by atoms with van der Waals surface area (Å²) in [5.41, 5.74) is 1.50. The van der Waals surface area contributed by atoms with Crippen LogP contribution < -0.4 is 19.7 Å². The van der Waals surface area contributed by atoms with Gasteiger partial charge in [0, 0.05) is 18.8 Å². The highest BCUT2D eigenvalue weighted by molar-refractivity contribution is 5.96. The van der Waals surface area contributed by atoms with Gasteiger partial charge in [-0.1, -0.05) is 6.07 Å². The number of carbonyl (C=O) groups is 1. The Balaban J connectivity index is 1.61. The Hall–Kier alpha value is -2.64. The Morgan fingerprint density at radius 1 is 1.15 bits per heavy atom. The SMILES string of the molecule is O=C([C@H]1CNCCO1)N(Cc1ccc2c(c1)OCO2)c1ccc(F)cc1. The summed E-state index contributed by atoms with van der Waals surface area (Å²) in [6.07, 6.45) is -0.567. The molecule has 1 fully saturated rings. The second-order valence-electron chi connectivity index (χ2n) is 6.15. The molecule has 136 valence electrons. The van der Waals surface area contributed by atoms with Crippen LogP contribution in [0.4, 0.5) is 10.1 Å². The summed E-state index contributed by atoms with van der Waals surface area (Å²) in [6.45, 7) is 2.18. The molecule has 1 N–H and O–H groups in total. The van der Waals surface area contributed by atoms with Crippen LogP contribution in [0, 0.1) is 5.82 Å². The van der Waals surface area contributed by atoms with Gasteiger partial charge in [-0.25, -0.2) is 4.39 Å². The molecule has 26 heavy (non-hydrogen) atoms. The predicted molar refractivity (Wildman–Crippen MR) is 92.8 cm³/mol. The molecule has 0 spiro atoms. The van der Waals surface area contributed by atoms with Crippen LogP contribution in [0.25, 0.3) is 0 Å². The second kappa shape index (κ2) is 7.31. The molecule has 2 aliphatic heterocycles. The first-order valence-corrected chi connectivity index (χ1v) is 8.48. The van der Waals surface area contributed by atoms with Crippen molar-refractivity contribution in [2.75, 3.05) is 31.4 Å². The molecule has 1 saturated heterocycles. The lowest BCUT2D eigenvalue weighted by Crippen LogP contribution is -2.49. The van der Waals surface area contributed by atoms with E-state index >= 15 is 0 Å². The molecule has 0 aliphatic carbocycles. The molecule has 2 aromatic rings. The molecular weight excluding hydrogens is 339 g/mol. The van der Waals surface area contributed by atoms with Crippen LogP contribution in [0.1, 0.15) is 5.56 Å². The zero-order chi connectivity index (χ0) is 17.9. The fourth-order valence-corrected chi connectivity index (χ4v) is 3.04. The van der Waals surface area contributed by atoms with Crippen molar-refractivity contribution in [1.82, 2.24) is 5.32 Å². The van der Waals surface area contributed by atoms with E-state index in [4.69, 9.17) is 14.2 Å². The van der Waals surface area contributed by atoms with Gasteiger partial charge in [-0.3, -0.25) is 4.79 Å². The van der Waals surface area contributed by atoms with Crippen LogP contribution in [0.15, 0.2) is 42.5 Å². The average molecular weight is 358 g/mol. The van der Waals surface area contributed by atoms with E-state index in [-0.39, 0.29) is 18.5 Å². The zero-order valence-electron chi connectivity index (χ0n) is 14.1. The van der Waals surface area contributed by atoms with Crippen molar-refractivity contribution >= 4 is 11.6 Å². The summed E-state index contributed by atoms with van der Waals surface area (Å²) < 4.78 is 29.7. The molecule has 0 saturated carbocycles. The van der Waals surface area contributed by atoms with E-state index in [0.717, 1.165) is 12.1 Å². The van der Waals surface area contributed by atoms with Gasteiger partial charge in [0.1, 0.15) is 11.9 Å². The van der Waals surface area contributed by atoms with Crippen molar-refractivity contribution < 1.29 is 23.4 Å². The van der Waals surface area contributed by atoms with E-state index in [1.165, 1.54) is 12.1 Å². The lowest BCUT2D eigenvalue weighted by molar-refractivity contribution is -0.131. The smallest absolute Gasteiger partial charge is 0.257 e. The van der Waals surface area contributed by atoms with Crippen molar-refractivity contribution in [3.8, 4) is 11.5 Å². The summed E-state index contributed by atoms with van der Waals surface area (Å²) in [5, 5.41) is 3.16. The minimum absolute atomic E-state index is 0.165. The van der Waals surface area contributed by atoms with E-state index in [1.54, 1.807) is 17.0 Å². The maximum absolute atomic E-state index is 13.3. The molecule has 2 aromatic carbocycles. The minimum atomic E-state index is -0.567. The largest absolute Gasteiger partial charge is 0.454 e. The van der Waals surface area contributed by atoms with E-state index in [9.17, 15) is 9.18 Å². The van der Waals surface area contributed by atoms with Gasteiger partial charge in [-0.05, 0) is 42.0 Å². The summed E-state index contributed by atoms with van der Waals surface area (Å²) in [4.78, 5) is 14.6. The van der Waals surface area contributed by atoms with Crippen LogP contribution in [-0.2, 0) is 16.1 Å². The fourth-order valence-electron chi connectivity index (χ4n) is 3.04. The Bertz CT molecular complexity index is 791. The van der Waals surface area contributed by atoms with Gasteiger partial charge in [-0.15, -0.1) is 0 Å². The lowest BCUT2D eigenvalue weighted by atomic mass is 10.1. The molecule has 0 unspecified atom stereocenters. The number of benzene rings is 2. The number of hydrogen-bond donors (Lipinski definition) is 1. The standard InChI is InChI=1S/C19H19FN2O4/c20-14-2-4-15(5-3-14)22(19(23)18-10-21-7-8-24-18)11-13-1-6-16-17(9-13)26-12-25-16/h1-6,9,18,21H,7-8,10-12H2/t18-/m1/s1. The topological polar surface area (TPSA) is 60.0 Å². The molecular formula is C19H19FN2O4. The highest BCUT2D eigenvalue weighted by Gasteiger charge is 2.28. The number of fused-ring (bicyclic) bond motifs is 1. The number of nitrogens with zero attached hydrogens (tertiary/aromatic N) is 1. The maximum atomic E-state index is 13.3. The van der Waals surface area contributed by atoms with Crippen molar-refractivity contribution in [1.29, 1.82) is 0 Å². The van der Waals surface area contributed by atoms with Crippen LogP contribution in [0.3, 0.4) is 0 Å². The summed E-state index contributed by atoms with van der Waals surface area (Å²) in [6, 6.07) is 11.4. The lowest BCUT2D eigenvalue weighted by Gasteiger charge is -2.30. The molecule has 2 aliphatic rings. The number of ether oxygens (including phenoxy) is 3. The van der Waals surface area contributed by atoms with Gasteiger partial charge < -0.3 is 24.4 Å².